The predicted molar refractivity (Wildman–Crippen MR) is 100 cm³/mol. The molecule has 0 saturated carbocycles. The third-order valence-corrected chi connectivity index (χ3v) is 5.18. The average Bonchev–Trinajstić information content (AvgIpc) is 2.56. The average molecular weight is 379 g/mol. The molecular weight excluding hydrogens is 356 g/mol. The molecule has 0 fully saturated rings. The Kier molecular flexibility index (Phi) is 6.30. The van der Waals surface area contributed by atoms with E-state index in [4.69, 9.17) is 0 Å². The van der Waals surface area contributed by atoms with Crippen molar-refractivity contribution >= 4 is 27.1 Å². The predicted octanol–water partition coefficient (Wildman–Crippen LogP) is 1.07. The standard InChI is InChI=1S/C17H22N4O4S/c1-13-4-6-14(7-5-13)19-16-9-8-15(12-17(16)21(22)23)26(24,25)18-10-11-20(2)3/h4-9,12,18-19H,10-11H2,1-3H3/p+1. The molecule has 9 heteroatoms. The molecule has 0 unspecified atom stereocenters. The van der Waals surface area contributed by atoms with E-state index in [-0.39, 0.29) is 22.8 Å². The van der Waals surface area contributed by atoms with Gasteiger partial charge in [-0.25, -0.2) is 13.1 Å². The van der Waals surface area contributed by atoms with Crippen LogP contribution in [0, 0.1) is 17.0 Å². The number of benzene rings is 2. The summed E-state index contributed by atoms with van der Waals surface area (Å²) in [6.45, 7) is 2.80. The number of aryl methyl sites for hydroxylation is 1. The largest absolute Gasteiger partial charge is 0.350 e. The van der Waals surface area contributed by atoms with Crippen molar-refractivity contribution < 1.29 is 18.2 Å². The first-order valence-electron chi connectivity index (χ1n) is 8.10. The Bertz CT molecular complexity index is 880. The monoisotopic (exact) mass is 379 g/mol. The van der Waals surface area contributed by atoms with Crippen LogP contribution in [0.15, 0.2) is 47.4 Å². The lowest BCUT2D eigenvalue weighted by Gasteiger charge is -2.11. The smallest absolute Gasteiger partial charge is 0.294 e. The molecule has 140 valence electrons. The van der Waals surface area contributed by atoms with Crippen LogP contribution in [0.5, 0.6) is 0 Å². The highest BCUT2D eigenvalue weighted by Gasteiger charge is 2.21. The Morgan fingerprint density at radius 2 is 1.77 bits per heavy atom. The highest BCUT2D eigenvalue weighted by atomic mass is 32.2. The molecule has 0 aliphatic rings. The van der Waals surface area contributed by atoms with Gasteiger partial charge in [0.2, 0.25) is 10.0 Å². The van der Waals surface area contributed by atoms with Crippen LogP contribution >= 0.6 is 0 Å². The Labute approximate surface area is 153 Å². The van der Waals surface area contributed by atoms with Crippen LogP contribution in [0.2, 0.25) is 0 Å². The van der Waals surface area contributed by atoms with Crippen molar-refractivity contribution in [3.8, 4) is 0 Å². The molecule has 0 amide bonds. The second kappa shape index (κ2) is 8.26. The van der Waals surface area contributed by atoms with Crippen molar-refractivity contribution in [2.45, 2.75) is 11.8 Å². The Balaban J connectivity index is 2.27. The summed E-state index contributed by atoms with van der Waals surface area (Å²) in [6, 6.07) is 11.2. The van der Waals surface area contributed by atoms with E-state index in [0.717, 1.165) is 16.5 Å². The molecule has 0 atom stereocenters. The zero-order chi connectivity index (χ0) is 19.3. The van der Waals surface area contributed by atoms with Crippen molar-refractivity contribution in [3.05, 3.63) is 58.1 Å². The first kappa shape index (κ1) is 19.8. The minimum Gasteiger partial charge on any atom is -0.350 e. The molecule has 0 spiro atoms. The summed E-state index contributed by atoms with van der Waals surface area (Å²) in [5.74, 6) is 0. The van der Waals surface area contributed by atoms with E-state index >= 15 is 0 Å². The molecule has 0 bridgehead atoms. The lowest BCUT2D eigenvalue weighted by Crippen LogP contribution is -3.06. The molecule has 0 radical (unpaired) electrons. The normalized spacial score (nSPS) is 11.5. The quantitative estimate of drug-likeness (QED) is 0.470. The van der Waals surface area contributed by atoms with E-state index in [1.54, 1.807) is 12.1 Å². The molecule has 2 aromatic rings. The molecule has 8 nitrogen and oxygen atoms in total. The summed E-state index contributed by atoms with van der Waals surface area (Å²) in [6.07, 6.45) is 0. The third-order valence-electron chi connectivity index (χ3n) is 3.72. The number of nitro groups is 1. The molecule has 0 aliphatic carbocycles. The highest BCUT2D eigenvalue weighted by molar-refractivity contribution is 7.89. The van der Waals surface area contributed by atoms with Gasteiger partial charge in [0.25, 0.3) is 5.69 Å². The van der Waals surface area contributed by atoms with Gasteiger partial charge in [-0.1, -0.05) is 17.7 Å². The van der Waals surface area contributed by atoms with Gasteiger partial charge in [0, 0.05) is 11.8 Å². The summed E-state index contributed by atoms with van der Waals surface area (Å²) in [7, 11) is 0.0121. The van der Waals surface area contributed by atoms with Crippen LogP contribution in [-0.4, -0.2) is 40.5 Å². The fourth-order valence-corrected chi connectivity index (χ4v) is 3.30. The Morgan fingerprint density at radius 1 is 1.12 bits per heavy atom. The number of likely N-dealkylation sites (N-methyl/N-ethyl adjacent to an activating group) is 1. The van der Waals surface area contributed by atoms with E-state index < -0.39 is 14.9 Å². The topological polar surface area (TPSA) is 106 Å². The number of nitro benzene ring substituents is 1. The van der Waals surface area contributed by atoms with Crippen LogP contribution in [0.25, 0.3) is 0 Å². The molecule has 0 heterocycles. The van der Waals surface area contributed by atoms with Crippen molar-refractivity contribution in [2.75, 3.05) is 32.5 Å². The molecular formula is C17H23N4O4S+. The van der Waals surface area contributed by atoms with Crippen molar-refractivity contribution in [2.24, 2.45) is 0 Å². The zero-order valence-electron chi connectivity index (χ0n) is 14.9. The summed E-state index contributed by atoms with van der Waals surface area (Å²) in [5.41, 5.74) is 1.68. The molecule has 0 aliphatic heterocycles. The first-order valence-corrected chi connectivity index (χ1v) is 9.58. The van der Waals surface area contributed by atoms with E-state index in [2.05, 4.69) is 10.0 Å². The van der Waals surface area contributed by atoms with E-state index in [1.165, 1.54) is 12.1 Å². The molecule has 2 rings (SSSR count). The fraction of sp³-hybridized carbons (Fsp3) is 0.294. The van der Waals surface area contributed by atoms with Crippen molar-refractivity contribution in [3.63, 3.8) is 0 Å². The van der Waals surface area contributed by atoms with Gasteiger partial charge in [0.15, 0.2) is 0 Å². The molecule has 26 heavy (non-hydrogen) atoms. The third kappa shape index (κ3) is 5.25. The number of quaternary nitrogens is 1. The molecule has 2 aromatic carbocycles. The van der Waals surface area contributed by atoms with Gasteiger partial charge in [-0.05, 0) is 31.2 Å². The fourth-order valence-electron chi connectivity index (χ4n) is 2.25. The second-order valence-corrected chi connectivity index (χ2v) is 8.05. The van der Waals surface area contributed by atoms with Gasteiger partial charge in [-0.15, -0.1) is 0 Å². The van der Waals surface area contributed by atoms with Gasteiger partial charge in [0.05, 0.1) is 37.0 Å². The van der Waals surface area contributed by atoms with Crippen molar-refractivity contribution in [1.82, 2.24) is 4.72 Å². The maximum Gasteiger partial charge on any atom is 0.294 e. The van der Waals surface area contributed by atoms with E-state index in [1.807, 2.05) is 33.2 Å². The van der Waals surface area contributed by atoms with Gasteiger partial charge >= 0.3 is 0 Å². The van der Waals surface area contributed by atoms with Gasteiger partial charge < -0.3 is 10.2 Å². The number of nitrogens with one attached hydrogen (secondary N) is 3. The molecule has 3 N–H and O–H groups in total. The lowest BCUT2D eigenvalue weighted by atomic mass is 10.2. The minimum absolute atomic E-state index is 0.132. The first-order chi connectivity index (χ1) is 12.2. The number of hydrogen-bond donors (Lipinski definition) is 3. The van der Waals surface area contributed by atoms with Crippen LogP contribution in [0.3, 0.4) is 0 Å². The van der Waals surface area contributed by atoms with Crippen LogP contribution in [0.4, 0.5) is 17.1 Å². The van der Waals surface area contributed by atoms with Crippen LogP contribution in [-0.2, 0) is 10.0 Å². The SMILES string of the molecule is Cc1ccc(Nc2ccc(S(=O)(=O)NCC[NH+](C)C)cc2[N+](=O)[O-])cc1. The van der Waals surface area contributed by atoms with Gasteiger partial charge in [-0.2, -0.15) is 0 Å². The maximum atomic E-state index is 12.3. The number of hydrogen-bond acceptors (Lipinski definition) is 5. The highest BCUT2D eigenvalue weighted by Crippen LogP contribution is 2.30. The van der Waals surface area contributed by atoms with Crippen LogP contribution in [0.1, 0.15) is 5.56 Å². The van der Waals surface area contributed by atoms with Crippen LogP contribution < -0.4 is 14.9 Å². The number of sulfonamides is 1. The lowest BCUT2D eigenvalue weighted by molar-refractivity contribution is -0.856. The number of anilines is 2. The summed E-state index contributed by atoms with van der Waals surface area (Å²) in [4.78, 5) is 11.8. The summed E-state index contributed by atoms with van der Waals surface area (Å²) < 4.78 is 27.1. The molecule has 0 saturated heterocycles. The summed E-state index contributed by atoms with van der Waals surface area (Å²) in [5, 5.41) is 14.4. The maximum absolute atomic E-state index is 12.3. The zero-order valence-corrected chi connectivity index (χ0v) is 15.8. The Morgan fingerprint density at radius 3 is 2.35 bits per heavy atom. The minimum atomic E-state index is -3.80. The van der Waals surface area contributed by atoms with Gasteiger partial charge in [-0.3, -0.25) is 10.1 Å². The number of nitrogens with zero attached hydrogens (tertiary/aromatic N) is 1. The summed E-state index contributed by atoms with van der Waals surface area (Å²) >= 11 is 0. The van der Waals surface area contributed by atoms with E-state index in [0.29, 0.717) is 12.2 Å². The van der Waals surface area contributed by atoms with E-state index in [9.17, 15) is 18.5 Å². The molecule has 0 aromatic heterocycles. The second-order valence-electron chi connectivity index (χ2n) is 6.28. The van der Waals surface area contributed by atoms with Crippen molar-refractivity contribution in [1.29, 1.82) is 0 Å². The number of rotatable bonds is 8. The van der Waals surface area contributed by atoms with Gasteiger partial charge in [0.1, 0.15) is 5.69 Å². The Hall–Kier alpha value is -2.49.